The fourth-order valence-corrected chi connectivity index (χ4v) is 1.23. The number of aliphatic hydroxyl groups excluding tert-OH is 1. The smallest absolute Gasteiger partial charge is 0.308 e. The zero-order valence-electron chi connectivity index (χ0n) is 5.53. The van der Waals surface area contributed by atoms with Gasteiger partial charge in [0, 0.05) is 12.6 Å². The molecular formula is C6H11NO3. The number of carboxylic acid groups (broad SMARTS) is 1. The highest BCUT2D eigenvalue weighted by Gasteiger charge is 2.42. The van der Waals surface area contributed by atoms with Crippen LogP contribution < -0.4 is 5.73 Å². The molecule has 3 atom stereocenters. The van der Waals surface area contributed by atoms with Crippen LogP contribution in [0.2, 0.25) is 0 Å². The molecule has 0 aromatic carbocycles. The van der Waals surface area contributed by atoms with E-state index < -0.39 is 11.9 Å². The third kappa shape index (κ3) is 0.998. The predicted molar refractivity (Wildman–Crippen MR) is 34.3 cm³/mol. The van der Waals surface area contributed by atoms with Crippen LogP contribution in [0.4, 0.5) is 0 Å². The summed E-state index contributed by atoms with van der Waals surface area (Å²) in [5.74, 6) is -1.28. The molecule has 4 heteroatoms. The number of nitrogens with two attached hydrogens (primary N) is 1. The molecular weight excluding hydrogens is 134 g/mol. The van der Waals surface area contributed by atoms with Gasteiger partial charge in [0.05, 0.1) is 5.92 Å². The van der Waals surface area contributed by atoms with Crippen LogP contribution in [-0.2, 0) is 4.79 Å². The van der Waals surface area contributed by atoms with Crippen LogP contribution in [0.15, 0.2) is 0 Å². The van der Waals surface area contributed by atoms with Gasteiger partial charge in [-0.3, -0.25) is 4.79 Å². The summed E-state index contributed by atoms with van der Waals surface area (Å²) in [7, 11) is 0. The quantitative estimate of drug-likeness (QED) is 0.466. The van der Waals surface area contributed by atoms with Crippen molar-refractivity contribution in [1.29, 1.82) is 0 Å². The van der Waals surface area contributed by atoms with Crippen LogP contribution in [-0.4, -0.2) is 28.8 Å². The van der Waals surface area contributed by atoms with Gasteiger partial charge in [0.25, 0.3) is 0 Å². The highest BCUT2D eigenvalue weighted by atomic mass is 16.4. The topological polar surface area (TPSA) is 83.5 Å². The van der Waals surface area contributed by atoms with Crippen molar-refractivity contribution in [2.45, 2.75) is 12.5 Å². The summed E-state index contributed by atoms with van der Waals surface area (Å²) in [4.78, 5) is 10.3. The molecule has 0 heterocycles. The fourth-order valence-electron chi connectivity index (χ4n) is 1.23. The molecule has 1 saturated carbocycles. The van der Waals surface area contributed by atoms with Gasteiger partial charge in [-0.25, -0.2) is 0 Å². The lowest BCUT2D eigenvalue weighted by Gasteiger charge is -2.38. The van der Waals surface area contributed by atoms with Gasteiger partial charge in [0.2, 0.25) is 0 Å². The maximum atomic E-state index is 10.3. The first-order chi connectivity index (χ1) is 4.66. The fraction of sp³-hybridized carbons (Fsp3) is 0.833. The molecule has 0 saturated heterocycles. The Kier molecular flexibility index (Phi) is 1.92. The zero-order chi connectivity index (χ0) is 7.72. The van der Waals surface area contributed by atoms with E-state index in [0.717, 1.165) is 0 Å². The highest BCUT2D eigenvalue weighted by Crippen LogP contribution is 2.31. The number of hydrogen-bond donors (Lipinski definition) is 3. The summed E-state index contributed by atoms with van der Waals surface area (Å²) in [5, 5.41) is 17.0. The minimum absolute atomic E-state index is 0.00102. The van der Waals surface area contributed by atoms with Crippen molar-refractivity contribution in [2.75, 3.05) is 6.61 Å². The molecule has 1 aliphatic rings. The second kappa shape index (κ2) is 2.56. The summed E-state index contributed by atoms with van der Waals surface area (Å²) in [6.45, 7) is 0.00491. The number of hydrogen-bond acceptors (Lipinski definition) is 3. The molecule has 0 aromatic rings. The number of aliphatic hydroxyl groups is 1. The lowest BCUT2D eigenvalue weighted by atomic mass is 9.71. The normalized spacial score (nSPS) is 38.8. The Morgan fingerprint density at radius 1 is 1.70 bits per heavy atom. The van der Waals surface area contributed by atoms with E-state index in [9.17, 15) is 4.79 Å². The number of aliphatic carboxylic acids is 1. The van der Waals surface area contributed by atoms with Crippen molar-refractivity contribution < 1.29 is 15.0 Å². The number of carboxylic acids is 1. The Balaban J connectivity index is 2.39. The van der Waals surface area contributed by atoms with Crippen LogP contribution in [0.5, 0.6) is 0 Å². The molecule has 0 radical (unpaired) electrons. The van der Waals surface area contributed by atoms with Crippen molar-refractivity contribution in [2.24, 2.45) is 17.6 Å². The molecule has 4 N–H and O–H groups in total. The Bertz CT molecular complexity index is 148. The average molecular weight is 145 g/mol. The molecule has 0 amide bonds. The molecule has 0 bridgehead atoms. The summed E-state index contributed by atoms with van der Waals surface area (Å²) in [6, 6.07) is -0.345. The van der Waals surface area contributed by atoms with E-state index in [1.165, 1.54) is 0 Å². The van der Waals surface area contributed by atoms with Gasteiger partial charge in [-0.1, -0.05) is 0 Å². The monoisotopic (exact) mass is 145 g/mol. The van der Waals surface area contributed by atoms with E-state index in [4.69, 9.17) is 15.9 Å². The molecule has 1 rings (SSSR count). The van der Waals surface area contributed by atoms with E-state index in [0.29, 0.717) is 6.42 Å². The van der Waals surface area contributed by atoms with Crippen molar-refractivity contribution in [1.82, 2.24) is 0 Å². The molecule has 0 aromatic heterocycles. The number of carbonyl (C=O) groups is 1. The van der Waals surface area contributed by atoms with Crippen molar-refractivity contribution in [3.63, 3.8) is 0 Å². The predicted octanol–water partition coefficient (Wildman–Crippen LogP) is -0.973. The van der Waals surface area contributed by atoms with Gasteiger partial charge in [0.1, 0.15) is 0 Å². The Hall–Kier alpha value is -0.610. The third-order valence-electron chi connectivity index (χ3n) is 2.12. The maximum absolute atomic E-state index is 10.3. The first-order valence-electron chi connectivity index (χ1n) is 3.26. The van der Waals surface area contributed by atoms with Gasteiger partial charge < -0.3 is 15.9 Å². The first-order valence-corrected chi connectivity index (χ1v) is 3.26. The molecule has 0 spiro atoms. The van der Waals surface area contributed by atoms with Gasteiger partial charge in [-0.05, 0) is 12.3 Å². The van der Waals surface area contributed by atoms with E-state index in [-0.39, 0.29) is 18.6 Å². The standard InChI is InChI=1S/C6H11NO3/c7-5-3(2-8)1-4(5)6(9)10/h3-5,8H,1-2,7H2,(H,9,10)/t3-,4+,5+/m0/s1. The maximum Gasteiger partial charge on any atom is 0.308 e. The summed E-state index contributed by atoms with van der Waals surface area (Å²) < 4.78 is 0. The minimum atomic E-state index is -0.850. The van der Waals surface area contributed by atoms with Gasteiger partial charge in [-0.2, -0.15) is 0 Å². The molecule has 0 unspecified atom stereocenters. The van der Waals surface area contributed by atoms with Crippen LogP contribution >= 0.6 is 0 Å². The SMILES string of the molecule is N[C@@H]1[C@H](CO)C[C@H]1C(=O)O. The first kappa shape index (κ1) is 7.50. The van der Waals surface area contributed by atoms with Crippen molar-refractivity contribution >= 4 is 5.97 Å². The Morgan fingerprint density at radius 2 is 2.30 bits per heavy atom. The molecule has 1 fully saturated rings. The van der Waals surface area contributed by atoms with Gasteiger partial charge in [0.15, 0.2) is 0 Å². The second-order valence-corrected chi connectivity index (χ2v) is 2.70. The summed E-state index contributed by atoms with van der Waals surface area (Å²) in [6.07, 6.45) is 0.521. The minimum Gasteiger partial charge on any atom is -0.481 e. The Morgan fingerprint density at radius 3 is 2.60 bits per heavy atom. The van der Waals surface area contributed by atoms with E-state index >= 15 is 0 Å². The Labute approximate surface area is 58.6 Å². The zero-order valence-corrected chi connectivity index (χ0v) is 5.53. The van der Waals surface area contributed by atoms with Crippen LogP contribution in [0.1, 0.15) is 6.42 Å². The van der Waals surface area contributed by atoms with E-state index in [2.05, 4.69) is 0 Å². The molecule has 58 valence electrons. The highest BCUT2D eigenvalue weighted by molar-refractivity contribution is 5.72. The second-order valence-electron chi connectivity index (χ2n) is 2.70. The van der Waals surface area contributed by atoms with Crippen LogP contribution in [0.3, 0.4) is 0 Å². The largest absolute Gasteiger partial charge is 0.481 e. The third-order valence-corrected chi connectivity index (χ3v) is 2.12. The summed E-state index contributed by atoms with van der Waals surface area (Å²) in [5.41, 5.74) is 5.44. The summed E-state index contributed by atoms with van der Waals surface area (Å²) >= 11 is 0. The number of rotatable bonds is 2. The van der Waals surface area contributed by atoms with E-state index in [1.54, 1.807) is 0 Å². The lowest BCUT2D eigenvalue weighted by Crippen LogP contribution is -2.53. The van der Waals surface area contributed by atoms with Crippen LogP contribution in [0.25, 0.3) is 0 Å². The molecule has 10 heavy (non-hydrogen) atoms. The average Bonchev–Trinajstić information content (AvgIpc) is 1.85. The van der Waals surface area contributed by atoms with Crippen molar-refractivity contribution in [3.8, 4) is 0 Å². The lowest BCUT2D eigenvalue weighted by molar-refractivity contribution is -0.148. The van der Waals surface area contributed by atoms with E-state index in [1.807, 2.05) is 0 Å². The van der Waals surface area contributed by atoms with Gasteiger partial charge in [-0.15, -0.1) is 0 Å². The molecule has 4 nitrogen and oxygen atoms in total. The van der Waals surface area contributed by atoms with Crippen molar-refractivity contribution in [3.05, 3.63) is 0 Å². The van der Waals surface area contributed by atoms with Crippen LogP contribution in [0, 0.1) is 11.8 Å². The molecule has 0 aliphatic heterocycles. The van der Waals surface area contributed by atoms with Gasteiger partial charge >= 0.3 is 5.97 Å². The molecule has 1 aliphatic carbocycles.